The second-order valence-electron chi connectivity index (χ2n) is 6.13. The van der Waals surface area contributed by atoms with Crippen molar-refractivity contribution in [2.75, 3.05) is 5.75 Å². The van der Waals surface area contributed by atoms with Gasteiger partial charge >= 0.3 is 5.69 Å². The number of para-hydroxylation sites is 2. The van der Waals surface area contributed by atoms with Crippen molar-refractivity contribution in [3.05, 3.63) is 60.3 Å². The number of Topliss-reactive ketones (excluding diaryl/α,β-unsaturated/α-hetero) is 1. The molecule has 0 amide bonds. The number of fused-ring (bicyclic) bond motifs is 3. The second-order valence-corrected chi connectivity index (χ2v) is 7.07. The van der Waals surface area contributed by atoms with Crippen LogP contribution >= 0.6 is 11.8 Å². The molecule has 9 nitrogen and oxygen atoms in total. The summed E-state index contributed by atoms with van der Waals surface area (Å²) < 4.78 is 5.89. The predicted molar refractivity (Wildman–Crippen MR) is 102 cm³/mol. The summed E-state index contributed by atoms with van der Waals surface area (Å²) in [6, 6.07) is 16.5. The first-order valence-corrected chi connectivity index (χ1v) is 9.61. The third-order valence-corrected chi connectivity index (χ3v) is 5.15. The van der Waals surface area contributed by atoms with E-state index in [1.807, 2.05) is 30.3 Å². The number of hydrogen-bond acceptors (Lipinski definition) is 8. The lowest BCUT2D eigenvalue weighted by atomic mass is 10.2. The van der Waals surface area contributed by atoms with Gasteiger partial charge in [-0.05, 0) is 10.7 Å². The molecule has 0 aliphatic carbocycles. The molecular weight excluding hydrogens is 392 g/mol. The van der Waals surface area contributed by atoms with Crippen molar-refractivity contribution in [3.8, 4) is 11.6 Å². The number of aromatic amines is 1. The highest BCUT2D eigenvalue weighted by molar-refractivity contribution is 7.99. The van der Waals surface area contributed by atoms with E-state index in [0.29, 0.717) is 22.0 Å². The number of H-pyrrole nitrogens is 1. The topological polar surface area (TPSA) is 124 Å². The molecule has 3 heterocycles. The third-order valence-electron chi connectivity index (χ3n) is 4.31. The van der Waals surface area contributed by atoms with Gasteiger partial charge in [-0.15, -0.1) is 10.2 Å². The lowest BCUT2D eigenvalue weighted by Gasteiger charge is -1.99. The molecule has 0 atom stereocenters. The number of hydrogen-bond donors (Lipinski definition) is 1. The van der Waals surface area contributed by atoms with Gasteiger partial charge in [0, 0.05) is 23.0 Å². The molecule has 0 saturated carbocycles. The van der Waals surface area contributed by atoms with Crippen molar-refractivity contribution in [2.24, 2.45) is 0 Å². The second kappa shape index (κ2) is 6.99. The van der Waals surface area contributed by atoms with Gasteiger partial charge in [-0.25, -0.2) is 4.98 Å². The Morgan fingerprint density at radius 2 is 1.90 bits per heavy atom. The van der Waals surface area contributed by atoms with Gasteiger partial charge in [0.15, 0.2) is 11.6 Å². The zero-order valence-electron chi connectivity index (χ0n) is 14.8. The van der Waals surface area contributed by atoms with Gasteiger partial charge < -0.3 is 14.6 Å². The Morgan fingerprint density at radius 1 is 1.10 bits per heavy atom. The van der Waals surface area contributed by atoms with Gasteiger partial charge in [0.05, 0.1) is 11.0 Å². The maximum absolute atomic E-state index is 12.7. The van der Waals surface area contributed by atoms with Crippen molar-refractivity contribution in [3.63, 3.8) is 0 Å². The molecular formula is C19H12N6O3S. The normalized spacial score (nSPS) is 11.3. The van der Waals surface area contributed by atoms with Gasteiger partial charge in [-0.1, -0.05) is 48.2 Å². The maximum atomic E-state index is 12.7. The number of thioether (sulfide) groups is 1. The number of rotatable bonds is 5. The Labute approximate surface area is 167 Å². The van der Waals surface area contributed by atoms with Crippen LogP contribution in [-0.4, -0.2) is 37.0 Å². The fourth-order valence-corrected chi connectivity index (χ4v) is 3.64. The maximum Gasteiger partial charge on any atom is 0.307 e. The summed E-state index contributed by atoms with van der Waals surface area (Å²) >= 11 is 1.09. The Balaban J connectivity index is 1.40. The number of carbonyl (C=O) groups is 1. The minimum absolute atomic E-state index is 0.0588. The Kier molecular flexibility index (Phi) is 4.17. The first-order chi connectivity index (χ1) is 14.2. The standard InChI is InChI=1S/C19H12N6O3S/c26-14(16-18(27)28-24-25(16)11-6-2-1-3-7-11)10-29-19-21-17-15(22-23-19)12-8-4-5-9-13(12)20-17/h1-9H,10H2,(H-,20,21,22,23,24,26,27). The number of ketones is 1. The first kappa shape index (κ1) is 17.3. The van der Waals surface area contributed by atoms with Gasteiger partial charge in [-0.3, -0.25) is 4.79 Å². The number of carbonyl (C=O) groups excluding carboxylic acids is 1. The van der Waals surface area contributed by atoms with Crippen LogP contribution < -0.4 is 9.79 Å². The summed E-state index contributed by atoms with van der Waals surface area (Å²) in [5, 5.41) is 25.3. The highest BCUT2D eigenvalue weighted by atomic mass is 32.2. The van der Waals surface area contributed by atoms with Crippen molar-refractivity contribution in [2.45, 2.75) is 5.16 Å². The molecule has 29 heavy (non-hydrogen) atoms. The summed E-state index contributed by atoms with van der Waals surface area (Å²) in [6.07, 6.45) is 0. The first-order valence-electron chi connectivity index (χ1n) is 8.62. The van der Waals surface area contributed by atoms with E-state index in [9.17, 15) is 9.90 Å². The average Bonchev–Trinajstić information content (AvgIpc) is 3.32. The van der Waals surface area contributed by atoms with Crippen LogP contribution in [-0.2, 0) is 0 Å². The number of nitrogens with zero attached hydrogens (tertiary/aromatic N) is 5. The van der Waals surface area contributed by atoms with E-state index in [4.69, 9.17) is 4.52 Å². The molecule has 5 aromatic rings. The third kappa shape index (κ3) is 3.09. The SMILES string of the molecule is O=C(CSc1nnc2c(n1)[nH]c1ccccc12)c1c([O-])on[n+]1-c1ccccc1. The number of benzene rings is 2. The van der Waals surface area contributed by atoms with Crippen LogP contribution in [0.2, 0.25) is 0 Å². The summed E-state index contributed by atoms with van der Waals surface area (Å²) in [7, 11) is 0. The monoisotopic (exact) mass is 404 g/mol. The van der Waals surface area contributed by atoms with Gasteiger partial charge in [0.2, 0.25) is 16.6 Å². The molecule has 142 valence electrons. The molecule has 1 N–H and O–H groups in total. The highest BCUT2D eigenvalue weighted by Crippen LogP contribution is 2.24. The van der Waals surface area contributed by atoms with Crippen molar-refractivity contribution >= 4 is 39.6 Å². The number of nitrogens with one attached hydrogen (secondary N) is 1. The smallest absolute Gasteiger partial charge is 0.307 e. The van der Waals surface area contributed by atoms with E-state index in [1.54, 1.807) is 24.3 Å². The van der Waals surface area contributed by atoms with E-state index in [0.717, 1.165) is 22.7 Å². The molecule has 0 bridgehead atoms. The zero-order valence-corrected chi connectivity index (χ0v) is 15.6. The van der Waals surface area contributed by atoms with Crippen LogP contribution in [0.15, 0.2) is 64.3 Å². The van der Waals surface area contributed by atoms with Crippen LogP contribution in [0.25, 0.3) is 27.8 Å². The fourth-order valence-electron chi connectivity index (χ4n) is 2.99. The quantitative estimate of drug-likeness (QED) is 0.267. The summed E-state index contributed by atoms with van der Waals surface area (Å²) in [6.45, 7) is 0. The van der Waals surface area contributed by atoms with Gasteiger partial charge in [0.1, 0.15) is 5.52 Å². The lowest BCUT2D eigenvalue weighted by molar-refractivity contribution is -0.672. The molecule has 0 radical (unpaired) electrons. The van der Waals surface area contributed by atoms with Crippen molar-refractivity contribution in [1.82, 2.24) is 25.4 Å². The van der Waals surface area contributed by atoms with Gasteiger partial charge in [-0.2, -0.15) is 0 Å². The molecule has 0 aliphatic heterocycles. The van der Waals surface area contributed by atoms with Gasteiger partial charge in [0.25, 0.3) is 0 Å². The Bertz CT molecular complexity index is 1350. The minimum Gasteiger partial charge on any atom is -0.539 e. The molecule has 2 aromatic carbocycles. The molecule has 5 rings (SSSR count). The van der Waals surface area contributed by atoms with E-state index < -0.39 is 11.7 Å². The molecule has 0 fully saturated rings. The van der Waals surface area contributed by atoms with Crippen molar-refractivity contribution in [1.29, 1.82) is 0 Å². The molecule has 0 saturated heterocycles. The van der Waals surface area contributed by atoms with E-state index in [1.165, 1.54) is 4.68 Å². The number of aromatic nitrogens is 6. The Morgan fingerprint density at radius 3 is 2.76 bits per heavy atom. The van der Waals surface area contributed by atoms with Crippen LogP contribution in [0, 0.1) is 0 Å². The van der Waals surface area contributed by atoms with Crippen LogP contribution in [0.3, 0.4) is 0 Å². The average molecular weight is 404 g/mol. The largest absolute Gasteiger partial charge is 0.539 e. The van der Waals surface area contributed by atoms with E-state index in [2.05, 4.69) is 25.4 Å². The minimum atomic E-state index is -0.787. The van der Waals surface area contributed by atoms with E-state index >= 15 is 0 Å². The summed E-state index contributed by atoms with van der Waals surface area (Å²) in [4.78, 5) is 20.3. The van der Waals surface area contributed by atoms with Crippen LogP contribution in [0.5, 0.6) is 5.95 Å². The van der Waals surface area contributed by atoms with E-state index in [-0.39, 0.29) is 11.4 Å². The highest BCUT2D eigenvalue weighted by Gasteiger charge is 2.27. The van der Waals surface area contributed by atoms with Crippen LogP contribution in [0.4, 0.5) is 0 Å². The molecule has 0 spiro atoms. The predicted octanol–water partition coefficient (Wildman–Crippen LogP) is 1.82. The summed E-state index contributed by atoms with van der Waals surface area (Å²) in [5.74, 6) is -1.29. The lowest BCUT2D eigenvalue weighted by Crippen LogP contribution is -2.39. The summed E-state index contributed by atoms with van der Waals surface area (Å²) in [5.41, 5.74) is 2.57. The van der Waals surface area contributed by atoms with Crippen molar-refractivity contribution < 1.29 is 19.1 Å². The molecule has 10 heteroatoms. The molecule has 3 aromatic heterocycles. The zero-order chi connectivity index (χ0) is 19.8. The Hall–Kier alpha value is -3.79. The molecule has 0 aliphatic rings. The molecule has 0 unspecified atom stereocenters. The fraction of sp³-hybridized carbons (Fsp3) is 0.0526. The van der Waals surface area contributed by atoms with Crippen LogP contribution in [0.1, 0.15) is 10.5 Å².